The molecular formula is C13H27NO3Si. The second-order valence-corrected chi connectivity index (χ2v) is 8.84. The zero-order chi connectivity index (χ0) is 14.4. The average Bonchev–Trinajstić information content (AvgIpc) is 2.25. The number of ether oxygens (including phenoxy) is 1. The van der Waals surface area contributed by atoms with Crippen molar-refractivity contribution < 1.29 is 14.0 Å². The molecule has 4 nitrogen and oxygen atoms in total. The molecule has 0 saturated carbocycles. The molecule has 0 saturated heterocycles. The van der Waals surface area contributed by atoms with E-state index in [1.54, 1.807) is 0 Å². The van der Waals surface area contributed by atoms with Gasteiger partial charge >= 0.3 is 5.97 Å². The zero-order valence-electron chi connectivity index (χ0n) is 12.6. The van der Waals surface area contributed by atoms with Gasteiger partial charge in [0.2, 0.25) is 0 Å². The Bertz CT molecular complexity index is 295. The molecule has 0 heterocycles. The molecule has 0 radical (unpaired) electrons. The molecule has 5 heteroatoms. The highest BCUT2D eigenvalue weighted by Crippen LogP contribution is 2.26. The van der Waals surface area contributed by atoms with Gasteiger partial charge in [-0.2, -0.15) is 0 Å². The van der Waals surface area contributed by atoms with Gasteiger partial charge in [-0.05, 0) is 24.5 Å². The average molecular weight is 273 g/mol. The third kappa shape index (κ3) is 7.63. The van der Waals surface area contributed by atoms with Crippen LogP contribution in [0.4, 0.5) is 0 Å². The van der Waals surface area contributed by atoms with Crippen molar-refractivity contribution in [1.29, 1.82) is 0 Å². The Kier molecular flexibility index (Phi) is 6.81. The maximum Gasteiger partial charge on any atom is 0.319 e. The lowest BCUT2D eigenvalue weighted by Gasteiger charge is -2.32. The molecular weight excluding hydrogens is 246 g/mol. The topological polar surface area (TPSA) is 47.6 Å². The maximum atomic E-state index is 11.0. The lowest BCUT2D eigenvalue weighted by molar-refractivity contribution is -0.139. The number of carbonyl (C=O) groups excluding carboxylic acids is 1. The van der Waals surface area contributed by atoms with Gasteiger partial charge in [0.15, 0.2) is 9.76 Å². The Hall–Kier alpha value is -0.653. The van der Waals surface area contributed by atoms with Crippen LogP contribution in [-0.4, -0.2) is 41.5 Å². The van der Waals surface area contributed by atoms with Gasteiger partial charge in [0, 0.05) is 6.54 Å². The van der Waals surface area contributed by atoms with E-state index < -0.39 is 9.76 Å². The minimum Gasteiger partial charge on any atom is -0.468 e. The molecule has 106 valence electrons. The van der Waals surface area contributed by atoms with Crippen molar-refractivity contribution in [2.45, 2.75) is 45.3 Å². The van der Waals surface area contributed by atoms with Crippen LogP contribution in [0.2, 0.25) is 5.04 Å². The van der Waals surface area contributed by atoms with E-state index >= 15 is 0 Å². The van der Waals surface area contributed by atoms with Gasteiger partial charge in [0.05, 0.1) is 19.3 Å². The van der Waals surface area contributed by atoms with Gasteiger partial charge in [0.1, 0.15) is 0 Å². The molecule has 0 aliphatic heterocycles. The summed E-state index contributed by atoms with van der Waals surface area (Å²) in [7, 11) is 0.755. The van der Waals surface area contributed by atoms with Gasteiger partial charge in [-0.1, -0.05) is 27.4 Å². The number of nitrogens with one attached hydrogen (secondary N) is 1. The van der Waals surface area contributed by atoms with Crippen LogP contribution < -0.4 is 5.32 Å². The minimum atomic E-state index is -0.621. The van der Waals surface area contributed by atoms with E-state index in [0.717, 1.165) is 5.57 Å². The van der Waals surface area contributed by atoms with Crippen molar-refractivity contribution in [1.82, 2.24) is 5.32 Å². The van der Waals surface area contributed by atoms with Crippen LogP contribution in [0.15, 0.2) is 12.2 Å². The first-order valence-corrected chi connectivity index (χ1v) is 7.47. The van der Waals surface area contributed by atoms with E-state index in [9.17, 15) is 4.79 Å². The Morgan fingerprint density at radius 2 is 1.78 bits per heavy atom. The van der Waals surface area contributed by atoms with E-state index in [0.29, 0.717) is 6.54 Å². The van der Waals surface area contributed by atoms with Gasteiger partial charge < -0.3 is 14.5 Å². The van der Waals surface area contributed by atoms with E-state index in [2.05, 4.69) is 37.4 Å². The first-order chi connectivity index (χ1) is 8.08. The normalized spacial score (nSPS) is 13.0. The van der Waals surface area contributed by atoms with Crippen LogP contribution >= 0.6 is 0 Å². The second-order valence-electron chi connectivity index (χ2n) is 6.14. The second kappa shape index (κ2) is 7.06. The summed E-state index contributed by atoms with van der Waals surface area (Å²) in [5, 5.41) is 3.26. The largest absolute Gasteiger partial charge is 0.468 e. The quantitative estimate of drug-likeness (QED) is 0.433. The summed E-state index contributed by atoms with van der Waals surface area (Å²) < 4.78 is 10.6. The van der Waals surface area contributed by atoms with E-state index in [1.165, 1.54) is 7.11 Å². The van der Waals surface area contributed by atoms with Gasteiger partial charge in [-0.25, -0.2) is 0 Å². The first-order valence-electron chi connectivity index (χ1n) is 6.18. The van der Waals surface area contributed by atoms with Crippen molar-refractivity contribution in [2.75, 3.05) is 20.2 Å². The molecule has 0 amide bonds. The van der Waals surface area contributed by atoms with Crippen molar-refractivity contribution >= 4 is 15.7 Å². The fraction of sp³-hybridized carbons (Fsp3) is 0.769. The van der Waals surface area contributed by atoms with Crippen LogP contribution in [-0.2, 0) is 14.0 Å². The van der Waals surface area contributed by atoms with Crippen LogP contribution in [0.3, 0.4) is 0 Å². The Morgan fingerprint density at radius 1 is 1.22 bits per heavy atom. The lowest BCUT2D eigenvalue weighted by atomic mass is 10.0. The summed E-state index contributed by atoms with van der Waals surface area (Å²) in [5.41, 5.74) is 0.603. The molecule has 0 atom stereocenters. The molecule has 0 bridgehead atoms. The summed E-state index contributed by atoms with van der Waals surface area (Å²) in [6.07, 6.45) is 0. The lowest BCUT2D eigenvalue weighted by Crippen LogP contribution is -2.37. The highest BCUT2D eigenvalue weighted by Gasteiger charge is 2.25. The minimum absolute atomic E-state index is 0.197. The van der Waals surface area contributed by atoms with E-state index in [-0.39, 0.29) is 23.2 Å². The number of rotatable bonds is 7. The fourth-order valence-corrected chi connectivity index (χ4v) is 2.10. The highest BCUT2D eigenvalue weighted by atomic mass is 28.2. The maximum absolute atomic E-state index is 11.0. The first kappa shape index (κ1) is 17.3. The van der Waals surface area contributed by atoms with Crippen molar-refractivity contribution in [3.63, 3.8) is 0 Å². The van der Waals surface area contributed by atoms with Crippen molar-refractivity contribution in [2.24, 2.45) is 0 Å². The molecule has 0 aliphatic carbocycles. The molecule has 0 rings (SSSR count). The fourth-order valence-electron chi connectivity index (χ4n) is 1.10. The van der Waals surface area contributed by atoms with Crippen molar-refractivity contribution in [3.8, 4) is 0 Å². The zero-order valence-corrected chi connectivity index (χ0v) is 14.0. The number of esters is 1. The summed E-state index contributed by atoms with van der Waals surface area (Å²) >= 11 is 0. The molecule has 0 unspecified atom stereocenters. The summed E-state index contributed by atoms with van der Waals surface area (Å²) in [5.74, 6) is -0.273. The van der Waals surface area contributed by atoms with Crippen LogP contribution in [0, 0.1) is 0 Å². The molecule has 1 N–H and O–H groups in total. The number of methoxy groups -OCH3 is 1. The van der Waals surface area contributed by atoms with Crippen LogP contribution in [0.1, 0.15) is 34.6 Å². The summed E-state index contributed by atoms with van der Waals surface area (Å²) in [4.78, 5) is 11.0. The SMILES string of the molecule is C=C(CNCC(=O)OC)C(C)(C)O[SiH2]C(C)(C)C. The number of hydrogen-bond donors (Lipinski definition) is 1. The van der Waals surface area contributed by atoms with E-state index in [4.69, 9.17) is 4.43 Å². The molecule has 0 aliphatic rings. The Morgan fingerprint density at radius 3 is 2.22 bits per heavy atom. The van der Waals surface area contributed by atoms with Crippen molar-refractivity contribution in [3.05, 3.63) is 12.2 Å². The van der Waals surface area contributed by atoms with E-state index in [1.807, 2.05) is 13.8 Å². The Balaban J connectivity index is 4.10. The van der Waals surface area contributed by atoms with Gasteiger partial charge in [-0.15, -0.1) is 0 Å². The van der Waals surface area contributed by atoms with Crippen LogP contribution in [0.25, 0.3) is 0 Å². The molecule has 0 spiro atoms. The number of hydrogen-bond acceptors (Lipinski definition) is 4. The predicted molar refractivity (Wildman–Crippen MR) is 77.4 cm³/mol. The highest BCUT2D eigenvalue weighted by molar-refractivity contribution is 6.31. The monoisotopic (exact) mass is 273 g/mol. The summed E-state index contributed by atoms with van der Waals surface area (Å²) in [6.45, 7) is 15.4. The third-order valence-electron chi connectivity index (χ3n) is 2.55. The van der Waals surface area contributed by atoms with Crippen LogP contribution in [0.5, 0.6) is 0 Å². The predicted octanol–water partition coefficient (Wildman–Crippen LogP) is 1.40. The van der Waals surface area contributed by atoms with Gasteiger partial charge in [-0.3, -0.25) is 4.79 Å². The molecule has 0 aromatic heterocycles. The number of carbonyl (C=O) groups is 1. The summed E-state index contributed by atoms with van der Waals surface area (Å²) in [6, 6.07) is 0. The molecule has 18 heavy (non-hydrogen) atoms. The third-order valence-corrected chi connectivity index (χ3v) is 4.28. The standard InChI is InChI=1S/C13H27NO3Si/c1-10(8-14-9-11(15)16-7)13(5,6)17-18-12(2,3)4/h14H,1,8-9,18H2,2-7H3. The smallest absolute Gasteiger partial charge is 0.319 e. The molecule has 0 aromatic carbocycles. The molecule has 0 aromatic rings. The molecule has 0 fully saturated rings. The Labute approximate surface area is 113 Å². The van der Waals surface area contributed by atoms with Gasteiger partial charge in [0.25, 0.3) is 0 Å².